The van der Waals surface area contributed by atoms with Crippen molar-refractivity contribution < 1.29 is 23.5 Å². The molecular formula is C16H17FN2O4. The predicted octanol–water partition coefficient (Wildman–Crippen LogP) is 0.633. The molecule has 0 radical (unpaired) electrons. The zero-order valence-electron chi connectivity index (χ0n) is 13.0. The lowest BCUT2D eigenvalue weighted by atomic mass is 9.80. The van der Waals surface area contributed by atoms with E-state index in [1.165, 1.54) is 27.1 Å². The van der Waals surface area contributed by atoms with Gasteiger partial charge in [0.05, 0.1) is 18.9 Å². The Morgan fingerprint density at radius 3 is 2.57 bits per heavy atom. The number of halogens is 1. The fraction of sp³-hybridized carbons (Fsp3) is 0.438. The highest BCUT2D eigenvalue weighted by Gasteiger charge is 2.66. The lowest BCUT2D eigenvalue weighted by Crippen LogP contribution is -2.53. The second-order valence-electron chi connectivity index (χ2n) is 6.08. The monoisotopic (exact) mass is 320 g/mol. The number of carbonyl (C=O) groups excluding carboxylic acids is 3. The van der Waals surface area contributed by atoms with Crippen LogP contribution in [0.2, 0.25) is 0 Å². The van der Waals surface area contributed by atoms with Crippen LogP contribution in [0, 0.1) is 17.7 Å². The van der Waals surface area contributed by atoms with Crippen LogP contribution in [0.15, 0.2) is 24.3 Å². The van der Waals surface area contributed by atoms with Gasteiger partial charge in [0.25, 0.3) is 0 Å². The average molecular weight is 320 g/mol. The minimum atomic E-state index is -1.39. The summed E-state index contributed by atoms with van der Waals surface area (Å²) in [6, 6.07) is 5.24. The van der Waals surface area contributed by atoms with Crippen molar-refractivity contribution in [2.45, 2.75) is 18.5 Å². The highest BCUT2D eigenvalue weighted by Crippen LogP contribution is 2.48. The lowest BCUT2D eigenvalue weighted by Gasteiger charge is -2.27. The molecule has 1 N–H and O–H groups in total. The van der Waals surface area contributed by atoms with E-state index in [0.29, 0.717) is 0 Å². The largest absolute Gasteiger partial charge is 0.468 e. The number of benzene rings is 1. The van der Waals surface area contributed by atoms with E-state index >= 15 is 0 Å². The molecule has 0 aliphatic carbocycles. The van der Waals surface area contributed by atoms with Crippen LogP contribution in [0.4, 0.5) is 4.39 Å². The van der Waals surface area contributed by atoms with Crippen LogP contribution in [0.3, 0.4) is 0 Å². The van der Waals surface area contributed by atoms with E-state index in [2.05, 4.69) is 5.32 Å². The number of carbonyl (C=O) groups is 3. The second-order valence-corrected chi connectivity index (χ2v) is 6.08. The fourth-order valence-electron chi connectivity index (χ4n) is 3.68. The first kappa shape index (κ1) is 15.6. The van der Waals surface area contributed by atoms with Crippen LogP contribution in [0.1, 0.15) is 18.5 Å². The number of ether oxygens (including phenoxy) is 1. The average Bonchev–Trinajstić information content (AvgIpc) is 2.97. The number of esters is 1. The summed E-state index contributed by atoms with van der Waals surface area (Å²) < 4.78 is 19.0. The van der Waals surface area contributed by atoms with Gasteiger partial charge >= 0.3 is 5.97 Å². The molecule has 23 heavy (non-hydrogen) atoms. The molecule has 4 atom stereocenters. The van der Waals surface area contributed by atoms with Gasteiger partial charge in [-0.2, -0.15) is 0 Å². The maximum Gasteiger partial charge on any atom is 0.326 e. The van der Waals surface area contributed by atoms with Crippen molar-refractivity contribution in [3.8, 4) is 0 Å². The maximum absolute atomic E-state index is 14.2. The summed E-state index contributed by atoms with van der Waals surface area (Å²) in [5, 5.41) is 2.98. The van der Waals surface area contributed by atoms with E-state index in [1.807, 2.05) is 0 Å². The highest BCUT2D eigenvalue weighted by molar-refractivity contribution is 6.09. The summed E-state index contributed by atoms with van der Waals surface area (Å²) in [7, 11) is 2.59. The van der Waals surface area contributed by atoms with Crippen LogP contribution in [0.5, 0.6) is 0 Å². The number of imide groups is 1. The predicted molar refractivity (Wildman–Crippen MR) is 77.5 cm³/mol. The molecule has 0 aromatic heterocycles. The van der Waals surface area contributed by atoms with E-state index in [9.17, 15) is 18.8 Å². The minimum absolute atomic E-state index is 0.256. The van der Waals surface area contributed by atoms with Gasteiger partial charge in [-0.05, 0) is 13.0 Å². The first-order valence-electron chi connectivity index (χ1n) is 7.25. The first-order valence-corrected chi connectivity index (χ1v) is 7.25. The standard InChI is InChI=1S/C16H17FN2O4/c1-16(15(22)23-3)11-10(13(20)19(2)14(11)21)12(18-16)8-6-4-5-7-9(8)17/h4-7,10-12,18H,1-3H3/t10-,11-,12-,16-/m0/s1. The summed E-state index contributed by atoms with van der Waals surface area (Å²) >= 11 is 0. The third-order valence-corrected chi connectivity index (χ3v) is 4.86. The Hall–Kier alpha value is -2.28. The number of amides is 2. The Balaban J connectivity index is 2.14. The Morgan fingerprint density at radius 1 is 1.30 bits per heavy atom. The van der Waals surface area contributed by atoms with Crippen LogP contribution in [-0.4, -0.2) is 42.4 Å². The Bertz CT molecular complexity index is 707. The molecule has 0 unspecified atom stereocenters. The van der Waals surface area contributed by atoms with Crippen molar-refractivity contribution >= 4 is 17.8 Å². The zero-order valence-corrected chi connectivity index (χ0v) is 13.0. The number of methoxy groups -OCH3 is 1. The zero-order chi connectivity index (χ0) is 16.9. The Kier molecular flexibility index (Phi) is 3.48. The molecule has 1 aromatic carbocycles. The van der Waals surface area contributed by atoms with Crippen molar-refractivity contribution in [1.29, 1.82) is 0 Å². The number of rotatable bonds is 2. The number of fused-ring (bicyclic) bond motifs is 1. The quantitative estimate of drug-likeness (QED) is 0.639. The molecule has 2 saturated heterocycles. The molecule has 2 fully saturated rings. The summed E-state index contributed by atoms with van der Waals surface area (Å²) in [5.74, 6) is -3.78. The fourth-order valence-corrected chi connectivity index (χ4v) is 3.68. The number of likely N-dealkylation sites (tertiary alicyclic amines) is 1. The lowest BCUT2D eigenvalue weighted by molar-refractivity contribution is -0.152. The van der Waals surface area contributed by atoms with Crippen molar-refractivity contribution in [3.63, 3.8) is 0 Å². The van der Waals surface area contributed by atoms with Crippen LogP contribution >= 0.6 is 0 Å². The summed E-state index contributed by atoms with van der Waals surface area (Å²) in [6.45, 7) is 1.52. The summed E-state index contributed by atoms with van der Waals surface area (Å²) in [6.07, 6.45) is 0. The first-order chi connectivity index (χ1) is 10.8. The van der Waals surface area contributed by atoms with E-state index in [-0.39, 0.29) is 5.56 Å². The van der Waals surface area contributed by atoms with Gasteiger partial charge in [0, 0.05) is 18.7 Å². The maximum atomic E-state index is 14.2. The molecule has 0 saturated carbocycles. The molecular weight excluding hydrogens is 303 g/mol. The van der Waals surface area contributed by atoms with Gasteiger partial charge in [0.1, 0.15) is 11.4 Å². The SMILES string of the molecule is COC(=O)[C@@]1(C)N[C@@H](c2ccccc2F)[C@H]2C(=O)N(C)C(=O)[C@H]21. The van der Waals surface area contributed by atoms with Gasteiger partial charge in [-0.15, -0.1) is 0 Å². The van der Waals surface area contributed by atoms with Gasteiger partial charge in [-0.25, -0.2) is 4.39 Å². The van der Waals surface area contributed by atoms with Crippen LogP contribution < -0.4 is 5.32 Å². The van der Waals surface area contributed by atoms with Gasteiger partial charge < -0.3 is 4.74 Å². The second kappa shape index (κ2) is 5.13. The molecule has 2 heterocycles. The molecule has 2 aliphatic heterocycles. The number of nitrogens with one attached hydrogen (secondary N) is 1. The van der Waals surface area contributed by atoms with Crippen molar-refractivity contribution in [1.82, 2.24) is 10.2 Å². The highest BCUT2D eigenvalue weighted by atomic mass is 19.1. The van der Waals surface area contributed by atoms with E-state index < -0.39 is 47.0 Å². The van der Waals surface area contributed by atoms with E-state index in [0.717, 1.165) is 4.90 Å². The summed E-state index contributed by atoms with van der Waals surface area (Å²) in [5.41, 5.74) is -1.13. The van der Waals surface area contributed by atoms with E-state index in [1.54, 1.807) is 18.2 Å². The Morgan fingerprint density at radius 2 is 1.96 bits per heavy atom. The summed E-state index contributed by atoms with van der Waals surface area (Å²) in [4.78, 5) is 38.2. The van der Waals surface area contributed by atoms with Crippen molar-refractivity contribution in [2.75, 3.05) is 14.2 Å². The molecule has 6 nitrogen and oxygen atoms in total. The minimum Gasteiger partial charge on any atom is -0.468 e. The van der Waals surface area contributed by atoms with Crippen LogP contribution in [0.25, 0.3) is 0 Å². The molecule has 2 amide bonds. The molecule has 0 bridgehead atoms. The molecule has 0 spiro atoms. The number of hydrogen-bond donors (Lipinski definition) is 1. The van der Waals surface area contributed by atoms with Crippen molar-refractivity contribution in [3.05, 3.63) is 35.6 Å². The third kappa shape index (κ3) is 1.99. The number of hydrogen-bond acceptors (Lipinski definition) is 5. The normalized spacial score (nSPS) is 33.0. The van der Waals surface area contributed by atoms with Crippen LogP contribution in [-0.2, 0) is 19.1 Å². The molecule has 1 aromatic rings. The smallest absolute Gasteiger partial charge is 0.326 e. The Labute approximate surface area is 132 Å². The molecule has 2 aliphatic rings. The van der Waals surface area contributed by atoms with E-state index in [4.69, 9.17) is 4.74 Å². The van der Waals surface area contributed by atoms with Gasteiger partial charge in [0.15, 0.2) is 0 Å². The molecule has 7 heteroatoms. The van der Waals surface area contributed by atoms with Gasteiger partial charge in [-0.3, -0.25) is 24.6 Å². The van der Waals surface area contributed by atoms with Crippen molar-refractivity contribution in [2.24, 2.45) is 11.8 Å². The molecule has 3 rings (SSSR count). The number of nitrogens with zero attached hydrogens (tertiary/aromatic N) is 1. The molecule has 122 valence electrons. The van der Waals surface area contributed by atoms with Gasteiger partial charge in [-0.1, -0.05) is 18.2 Å². The third-order valence-electron chi connectivity index (χ3n) is 4.86. The topological polar surface area (TPSA) is 75.7 Å². The van der Waals surface area contributed by atoms with Gasteiger partial charge in [0.2, 0.25) is 11.8 Å².